The molecule has 6 N–H and O–H groups in total. The third-order valence-electron chi connectivity index (χ3n) is 0.500. The van der Waals surface area contributed by atoms with Crippen molar-refractivity contribution in [3.63, 3.8) is 0 Å². The maximum atomic E-state index is 9.59. The summed E-state index contributed by atoms with van der Waals surface area (Å²) in [5.74, 6) is 0. The first-order chi connectivity index (χ1) is 4.85. The van der Waals surface area contributed by atoms with E-state index in [1.54, 1.807) is 0 Å². The van der Waals surface area contributed by atoms with Crippen LogP contribution in [0.25, 0.3) is 0 Å². The predicted molar refractivity (Wildman–Crippen MR) is 38.0 cm³/mol. The quantitative estimate of drug-likeness (QED) is 0.323. The monoisotopic (exact) mass is 216 g/mol. The van der Waals surface area contributed by atoms with Crippen LogP contribution in [0.4, 0.5) is 0 Å². The fraction of sp³-hybridized carbons (Fsp3) is 0. The second-order valence-corrected chi connectivity index (χ2v) is 2.38. The van der Waals surface area contributed by atoms with E-state index in [-0.39, 0.29) is 35.8 Å². The van der Waals surface area contributed by atoms with Crippen molar-refractivity contribution in [1.82, 2.24) is 0 Å². The Hall–Kier alpha value is -1.18. The third-order valence-corrected chi connectivity index (χ3v) is 1.50. The van der Waals surface area contributed by atoms with Crippen molar-refractivity contribution in [1.29, 1.82) is 0 Å². The second-order valence-electron chi connectivity index (χ2n) is 0.986. The van der Waals surface area contributed by atoms with Gasteiger partial charge in [-0.3, -0.25) is 14.4 Å². The molecular formula is C3H9AlO9. The van der Waals surface area contributed by atoms with Gasteiger partial charge in [0.05, 0.1) is 0 Å². The Balaban J connectivity index is -0.000000135. The molecule has 9 nitrogen and oxygen atoms in total. The minimum atomic E-state index is -2.84. The Kier molecular flexibility index (Phi) is 29.7. The molecule has 0 heterocycles. The Labute approximate surface area is 77.5 Å². The summed E-state index contributed by atoms with van der Waals surface area (Å²) in [4.78, 5) is 28.8. The number of hydrogen-bond donors (Lipinski definition) is 0. The van der Waals surface area contributed by atoms with E-state index in [0.29, 0.717) is 0 Å². The van der Waals surface area contributed by atoms with Crippen molar-refractivity contribution in [3.05, 3.63) is 0 Å². The van der Waals surface area contributed by atoms with Crippen LogP contribution in [0.5, 0.6) is 0 Å². The first-order valence-corrected chi connectivity index (χ1v) is 3.54. The van der Waals surface area contributed by atoms with E-state index in [4.69, 9.17) is 0 Å². The van der Waals surface area contributed by atoms with Gasteiger partial charge < -0.3 is 27.8 Å². The molecule has 0 amide bonds. The maximum absolute atomic E-state index is 9.59. The minimum absolute atomic E-state index is 0. The highest BCUT2D eigenvalue weighted by Crippen LogP contribution is 1.83. The van der Waals surface area contributed by atoms with Crippen LogP contribution in [0, 0.1) is 0 Å². The summed E-state index contributed by atoms with van der Waals surface area (Å²) in [5.41, 5.74) is 0. The van der Waals surface area contributed by atoms with Gasteiger partial charge in [0.2, 0.25) is 0 Å². The van der Waals surface area contributed by atoms with Crippen molar-refractivity contribution >= 4 is 34.6 Å². The van der Waals surface area contributed by atoms with Crippen LogP contribution in [0.3, 0.4) is 0 Å². The Morgan fingerprint density at radius 1 is 0.692 bits per heavy atom. The smallest absolute Gasteiger partial charge is 0.553 e. The number of carbonyl (C=O) groups is 3. The van der Waals surface area contributed by atoms with E-state index < -0.39 is 15.1 Å². The minimum Gasteiger partial charge on any atom is -0.553 e. The molecule has 0 aromatic rings. The van der Waals surface area contributed by atoms with E-state index in [0.717, 1.165) is 0 Å². The van der Waals surface area contributed by atoms with Crippen LogP contribution in [0.2, 0.25) is 0 Å². The maximum Gasteiger partial charge on any atom is 1.20 e. The van der Waals surface area contributed by atoms with Gasteiger partial charge in [-0.2, -0.15) is 0 Å². The van der Waals surface area contributed by atoms with Crippen LogP contribution < -0.4 is 0 Å². The summed E-state index contributed by atoms with van der Waals surface area (Å²) in [7, 11) is 0. The average Bonchev–Trinajstić information content (AvgIpc) is 1.90. The molecule has 0 saturated carbocycles. The van der Waals surface area contributed by atoms with Gasteiger partial charge in [0.15, 0.2) is 0 Å². The number of carbonyl (C=O) groups excluding carboxylic acids is 3. The van der Waals surface area contributed by atoms with E-state index in [1.807, 2.05) is 0 Å². The van der Waals surface area contributed by atoms with Gasteiger partial charge in [0.25, 0.3) is 19.4 Å². The Bertz CT molecular complexity index is 102. The van der Waals surface area contributed by atoms with Crippen molar-refractivity contribution in [3.8, 4) is 0 Å². The van der Waals surface area contributed by atoms with Gasteiger partial charge in [0.1, 0.15) is 0 Å². The molecule has 10 heteroatoms. The highest BCUT2D eigenvalue weighted by molar-refractivity contribution is 6.41. The summed E-state index contributed by atoms with van der Waals surface area (Å²) < 4.78 is 12.2. The molecule has 0 aliphatic heterocycles. The lowest BCUT2D eigenvalue weighted by Gasteiger charge is -2.00. The molecule has 0 radical (unpaired) electrons. The molecule has 0 atom stereocenters. The summed E-state index contributed by atoms with van der Waals surface area (Å²) in [6.45, 7) is 0.137. The highest BCUT2D eigenvalue weighted by Gasteiger charge is 2.42. The molecule has 0 aromatic heterocycles. The fourth-order valence-electron chi connectivity index (χ4n) is 0.232. The van der Waals surface area contributed by atoms with Gasteiger partial charge in [-0.15, -0.1) is 0 Å². The fourth-order valence-corrected chi connectivity index (χ4v) is 0.697. The van der Waals surface area contributed by atoms with Crippen LogP contribution in [-0.4, -0.2) is 51.0 Å². The molecule has 0 saturated heterocycles. The van der Waals surface area contributed by atoms with Crippen molar-refractivity contribution in [2.24, 2.45) is 0 Å². The van der Waals surface area contributed by atoms with Crippen LogP contribution in [0.15, 0.2) is 0 Å². The van der Waals surface area contributed by atoms with Gasteiger partial charge in [0, 0.05) is 0 Å². The van der Waals surface area contributed by atoms with E-state index >= 15 is 0 Å². The normalized spacial score (nSPS) is 5.54. The average molecular weight is 216 g/mol. The molecule has 0 aliphatic rings. The summed E-state index contributed by atoms with van der Waals surface area (Å²) in [6.07, 6.45) is 0. The lowest BCUT2D eigenvalue weighted by molar-refractivity contribution is -0.132. The highest BCUT2D eigenvalue weighted by atomic mass is 27.3. The second kappa shape index (κ2) is 17.1. The van der Waals surface area contributed by atoms with E-state index in [2.05, 4.69) is 11.4 Å². The van der Waals surface area contributed by atoms with Crippen LogP contribution >= 0.6 is 0 Å². The zero-order valence-electron chi connectivity index (χ0n) is 6.26. The SMILES string of the molecule is O.O.O.O=C[O][Al]([O]C=O)[O]C=O. The Morgan fingerprint density at radius 3 is 1.08 bits per heavy atom. The van der Waals surface area contributed by atoms with Crippen molar-refractivity contribution in [2.45, 2.75) is 0 Å². The van der Waals surface area contributed by atoms with E-state index in [9.17, 15) is 14.4 Å². The van der Waals surface area contributed by atoms with Gasteiger partial charge in [-0.05, 0) is 0 Å². The molecule has 0 bridgehead atoms. The van der Waals surface area contributed by atoms with Crippen molar-refractivity contribution < 1.29 is 42.2 Å². The molecule has 0 unspecified atom stereocenters. The molecular weight excluding hydrogens is 207 g/mol. The zero-order valence-corrected chi connectivity index (χ0v) is 7.41. The first-order valence-electron chi connectivity index (χ1n) is 2.12. The molecule has 0 fully saturated rings. The van der Waals surface area contributed by atoms with Gasteiger partial charge >= 0.3 is 15.1 Å². The lowest BCUT2D eigenvalue weighted by atomic mass is 11.7. The zero-order chi connectivity index (χ0) is 7.82. The predicted octanol–water partition coefficient (Wildman–Crippen LogP) is -3.98. The number of rotatable bonds is 6. The first kappa shape index (κ1) is 22.6. The van der Waals surface area contributed by atoms with Gasteiger partial charge in [-0.25, -0.2) is 0 Å². The molecule has 78 valence electrons. The Morgan fingerprint density at radius 2 is 0.923 bits per heavy atom. The summed E-state index contributed by atoms with van der Waals surface area (Å²) in [5, 5.41) is 0. The standard InChI is InChI=1S/3CH2O2.Al.3H2O/c3*2-1-3;;;;/h3*1H,(H,2,3);;3*1H2/q;;;+3;;;/p-3. The molecule has 0 aromatic carbocycles. The topological polar surface area (TPSA) is 173 Å². The lowest BCUT2D eigenvalue weighted by Crippen LogP contribution is -2.25. The molecule has 0 aliphatic carbocycles. The van der Waals surface area contributed by atoms with E-state index in [1.165, 1.54) is 0 Å². The van der Waals surface area contributed by atoms with Crippen molar-refractivity contribution in [2.75, 3.05) is 0 Å². The van der Waals surface area contributed by atoms with Crippen LogP contribution in [0.1, 0.15) is 0 Å². The third kappa shape index (κ3) is 13.8. The van der Waals surface area contributed by atoms with Crippen LogP contribution in [-0.2, 0) is 25.7 Å². The largest absolute Gasteiger partial charge is 1.20 e. The van der Waals surface area contributed by atoms with Gasteiger partial charge in [-0.1, -0.05) is 0 Å². The molecule has 13 heavy (non-hydrogen) atoms. The molecule has 0 spiro atoms. The summed E-state index contributed by atoms with van der Waals surface area (Å²) in [6, 6.07) is 0. The number of hydrogen-bond acceptors (Lipinski definition) is 6. The summed E-state index contributed by atoms with van der Waals surface area (Å²) >= 11 is -2.84. The molecule has 0 rings (SSSR count).